The Hall–Kier alpha value is -1.56. The summed E-state index contributed by atoms with van der Waals surface area (Å²) in [6, 6.07) is 6.80. The summed E-state index contributed by atoms with van der Waals surface area (Å²) in [6.45, 7) is 2.87. The monoisotopic (exact) mass is 299 g/mol. The van der Waals surface area contributed by atoms with Crippen LogP contribution in [-0.4, -0.2) is 39.5 Å². The molecule has 0 unspecified atom stereocenters. The molecule has 112 valence electrons. The third kappa shape index (κ3) is 6.56. The molecule has 0 fully saturated rings. The van der Waals surface area contributed by atoms with Crippen molar-refractivity contribution in [2.24, 2.45) is 0 Å². The van der Waals surface area contributed by atoms with E-state index >= 15 is 0 Å². The van der Waals surface area contributed by atoms with Crippen LogP contribution < -0.4 is 10.1 Å². The van der Waals surface area contributed by atoms with E-state index < -0.39 is 9.84 Å². The lowest BCUT2D eigenvalue weighted by Crippen LogP contribution is -2.28. The van der Waals surface area contributed by atoms with Crippen LogP contribution in [0.1, 0.15) is 30.1 Å². The number of carbonyl (C=O) groups is 1. The molecule has 1 N–H and O–H groups in total. The van der Waals surface area contributed by atoms with Crippen molar-refractivity contribution in [2.45, 2.75) is 19.8 Å². The molecular weight excluding hydrogens is 278 g/mol. The van der Waals surface area contributed by atoms with Crippen LogP contribution >= 0.6 is 0 Å². The van der Waals surface area contributed by atoms with E-state index in [1.807, 2.05) is 0 Å². The molecule has 0 aliphatic carbocycles. The van der Waals surface area contributed by atoms with Gasteiger partial charge in [-0.2, -0.15) is 0 Å². The van der Waals surface area contributed by atoms with Gasteiger partial charge in [0.1, 0.15) is 15.6 Å². The molecule has 0 aliphatic heterocycles. The second kappa shape index (κ2) is 7.89. The quantitative estimate of drug-likeness (QED) is 0.741. The van der Waals surface area contributed by atoms with Crippen LogP contribution in [0.5, 0.6) is 5.75 Å². The summed E-state index contributed by atoms with van der Waals surface area (Å²) in [6.07, 6.45) is 3.20. The molecule has 1 amide bonds. The summed E-state index contributed by atoms with van der Waals surface area (Å²) < 4.78 is 27.4. The maximum atomic E-state index is 11.8. The minimum Gasteiger partial charge on any atom is -0.494 e. The molecule has 20 heavy (non-hydrogen) atoms. The van der Waals surface area contributed by atoms with Crippen molar-refractivity contribution < 1.29 is 17.9 Å². The van der Waals surface area contributed by atoms with Crippen LogP contribution in [0.2, 0.25) is 0 Å². The molecule has 0 spiro atoms. The highest BCUT2D eigenvalue weighted by Crippen LogP contribution is 2.12. The zero-order chi connectivity index (χ0) is 15.0. The number of unbranched alkanes of at least 4 members (excludes halogenated alkanes) is 1. The van der Waals surface area contributed by atoms with E-state index in [-0.39, 0.29) is 18.2 Å². The molecule has 5 nitrogen and oxygen atoms in total. The van der Waals surface area contributed by atoms with Gasteiger partial charge in [0, 0.05) is 18.4 Å². The summed E-state index contributed by atoms with van der Waals surface area (Å²) in [4.78, 5) is 11.8. The Morgan fingerprint density at radius 3 is 2.45 bits per heavy atom. The van der Waals surface area contributed by atoms with Crippen LogP contribution in [0, 0.1) is 0 Å². The molecule has 0 radical (unpaired) electrons. The van der Waals surface area contributed by atoms with E-state index in [9.17, 15) is 13.2 Å². The fourth-order valence-electron chi connectivity index (χ4n) is 1.49. The van der Waals surface area contributed by atoms with Gasteiger partial charge in [-0.3, -0.25) is 4.79 Å². The second-order valence-electron chi connectivity index (χ2n) is 4.61. The molecule has 0 aromatic heterocycles. The number of amides is 1. The highest BCUT2D eigenvalue weighted by atomic mass is 32.2. The van der Waals surface area contributed by atoms with Gasteiger partial charge in [0.05, 0.1) is 12.4 Å². The number of hydrogen-bond donors (Lipinski definition) is 1. The van der Waals surface area contributed by atoms with Crippen molar-refractivity contribution in [1.29, 1.82) is 0 Å². The molecule has 6 heteroatoms. The van der Waals surface area contributed by atoms with Crippen molar-refractivity contribution in [3.63, 3.8) is 0 Å². The van der Waals surface area contributed by atoms with Gasteiger partial charge in [-0.15, -0.1) is 0 Å². The van der Waals surface area contributed by atoms with Crippen LogP contribution in [-0.2, 0) is 9.84 Å². The number of rotatable bonds is 8. The number of hydrogen-bond acceptors (Lipinski definition) is 4. The average molecular weight is 299 g/mol. The average Bonchev–Trinajstić information content (AvgIpc) is 2.38. The summed E-state index contributed by atoms with van der Waals surface area (Å²) in [7, 11) is -3.06. The number of sulfone groups is 1. The SMILES string of the molecule is CCCCOc1ccc(C(=O)NCCS(C)(=O)=O)cc1. The second-order valence-corrected chi connectivity index (χ2v) is 6.87. The lowest BCUT2D eigenvalue weighted by atomic mass is 10.2. The number of nitrogens with one attached hydrogen (secondary N) is 1. The van der Waals surface area contributed by atoms with Crippen molar-refractivity contribution in [2.75, 3.05) is 25.2 Å². The summed E-state index contributed by atoms with van der Waals surface area (Å²) in [5.41, 5.74) is 0.487. The fraction of sp³-hybridized carbons (Fsp3) is 0.500. The van der Waals surface area contributed by atoms with Gasteiger partial charge in [-0.25, -0.2) is 8.42 Å². The third-order valence-electron chi connectivity index (χ3n) is 2.64. The number of carbonyl (C=O) groups excluding carboxylic acids is 1. The summed E-state index contributed by atoms with van der Waals surface area (Å²) in [5.74, 6) is 0.386. The van der Waals surface area contributed by atoms with E-state index in [1.54, 1.807) is 24.3 Å². The smallest absolute Gasteiger partial charge is 0.251 e. The molecule has 0 aliphatic rings. The summed E-state index contributed by atoms with van der Waals surface area (Å²) >= 11 is 0. The molecule has 0 bridgehead atoms. The van der Waals surface area contributed by atoms with Crippen molar-refractivity contribution in [3.05, 3.63) is 29.8 Å². The summed E-state index contributed by atoms with van der Waals surface area (Å²) in [5, 5.41) is 2.57. The van der Waals surface area contributed by atoms with Gasteiger partial charge in [-0.1, -0.05) is 13.3 Å². The number of ether oxygens (including phenoxy) is 1. The predicted octanol–water partition coefficient (Wildman–Crippen LogP) is 1.64. The van der Waals surface area contributed by atoms with Crippen molar-refractivity contribution in [1.82, 2.24) is 5.32 Å². The van der Waals surface area contributed by atoms with Gasteiger partial charge in [0.2, 0.25) is 0 Å². The van der Waals surface area contributed by atoms with E-state index in [4.69, 9.17) is 4.74 Å². The number of benzene rings is 1. The van der Waals surface area contributed by atoms with E-state index in [0.29, 0.717) is 12.2 Å². The predicted molar refractivity (Wildman–Crippen MR) is 78.9 cm³/mol. The Morgan fingerprint density at radius 2 is 1.90 bits per heavy atom. The first kappa shape index (κ1) is 16.5. The van der Waals surface area contributed by atoms with Gasteiger partial charge >= 0.3 is 0 Å². The Kier molecular flexibility index (Phi) is 6.51. The van der Waals surface area contributed by atoms with Crippen LogP contribution in [0.4, 0.5) is 0 Å². The molecule has 0 heterocycles. The van der Waals surface area contributed by atoms with E-state index in [2.05, 4.69) is 12.2 Å². The molecule has 1 aromatic rings. The van der Waals surface area contributed by atoms with Crippen molar-refractivity contribution in [3.8, 4) is 5.75 Å². The van der Waals surface area contributed by atoms with Gasteiger partial charge in [-0.05, 0) is 30.7 Å². The topological polar surface area (TPSA) is 72.5 Å². The minimum atomic E-state index is -3.06. The Labute approximate surface area is 120 Å². The standard InChI is InChI=1S/C14H21NO4S/c1-3-4-10-19-13-7-5-12(6-8-13)14(16)15-9-11-20(2,17)18/h5-8H,3-4,9-11H2,1-2H3,(H,15,16). The zero-order valence-corrected chi connectivity index (χ0v) is 12.7. The first-order chi connectivity index (χ1) is 9.42. The Morgan fingerprint density at radius 1 is 1.25 bits per heavy atom. The van der Waals surface area contributed by atoms with Crippen LogP contribution in [0.25, 0.3) is 0 Å². The largest absolute Gasteiger partial charge is 0.494 e. The van der Waals surface area contributed by atoms with Crippen LogP contribution in [0.15, 0.2) is 24.3 Å². The first-order valence-corrected chi connectivity index (χ1v) is 8.67. The fourth-order valence-corrected chi connectivity index (χ4v) is 1.96. The maximum absolute atomic E-state index is 11.8. The first-order valence-electron chi connectivity index (χ1n) is 6.61. The van der Waals surface area contributed by atoms with Gasteiger partial charge in [0.25, 0.3) is 5.91 Å². The normalized spacial score (nSPS) is 11.1. The van der Waals surface area contributed by atoms with Gasteiger partial charge in [0.15, 0.2) is 0 Å². The highest BCUT2D eigenvalue weighted by Gasteiger charge is 2.07. The molecule has 0 atom stereocenters. The Balaban J connectivity index is 2.45. The van der Waals surface area contributed by atoms with E-state index in [1.165, 1.54) is 0 Å². The molecule has 0 saturated heterocycles. The lowest BCUT2D eigenvalue weighted by Gasteiger charge is -2.07. The molecule has 0 saturated carbocycles. The van der Waals surface area contributed by atoms with Gasteiger partial charge < -0.3 is 10.1 Å². The maximum Gasteiger partial charge on any atom is 0.251 e. The molecule has 1 aromatic carbocycles. The highest BCUT2D eigenvalue weighted by molar-refractivity contribution is 7.90. The Bertz CT molecular complexity index is 523. The minimum absolute atomic E-state index is 0.0586. The van der Waals surface area contributed by atoms with E-state index in [0.717, 1.165) is 24.8 Å². The molecular formula is C14H21NO4S. The molecule has 1 rings (SSSR count). The third-order valence-corrected chi connectivity index (χ3v) is 3.59. The lowest BCUT2D eigenvalue weighted by molar-refractivity contribution is 0.0956. The van der Waals surface area contributed by atoms with Crippen LogP contribution in [0.3, 0.4) is 0 Å². The van der Waals surface area contributed by atoms with Crippen molar-refractivity contribution >= 4 is 15.7 Å². The zero-order valence-electron chi connectivity index (χ0n) is 11.9.